The highest BCUT2D eigenvalue weighted by Gasteiger charge is 2.33. The van der Waals surface area contributed by atoms with Crippen LogP contribution in [0.25, 0.3) is 0 Å². The second kappa shape index (κ2) is 7.56. The van der Waals surface area contributed by atoms with Crippen molar-refractivity contribution in [3.63, 3.8) is 0 Å². The number of nitrogens with one attached hydrogen (secondary N) is 2. The molecule has 1 atom stereocenters. The van der Waals surface area contributed by atoms with Gasteiger partial charge in [0.2, 0.25) is 0 Å². The molecule has 0 saturated heterocycles. The van der Waals surface area contributed by atoms with Crippen molar-refractivity contribution in [3.05, 3.63) is 46.1 Å². The van der Waals surface area contributed by atoms with Gasteiger partial charge in [0.05, 0.1) is 11.6 Å². The van der Waals surface area contributed by atoms with Crippen molar-refractivity contribution in [1.82, 2.24) is 10.6 Å². The zero-order valence-electron chi connectivity index (χ0n) is 12.3. The highest BCUT2D eigenvalue weighted by molar-refractivity contribution is 7.98. The highest BCUT2D eigenvalue weighted by Crippen LogP contribution is 2.31. The quantitative estimate of drug-likeness (QED) is 0.639. The van der Waals surface area contributed by atoms with E-state index in [1.807, 2.05) is 6.26 Å². The van der Waals surface area contributed by atoms with E-state index in [2.05, 4.69) is 10.6 Å². The Bertz CT molecular complexity index is 619. The number of allylic oxidation sites excluding steroid dienone is 1. The van der Waals surface area contributed by atoms with Crippen LogP contribution in [0.3, 0.4) is 0 Å². The molecule has 1 aromatic rings. The van der Waals surface area contributed by atoms with Gasteiger partial charge in [0.15, 0.2) is 0 Å². The van der Waals surface area contributed by atoms with Gasteiger partial charge in [-0.25, -0.2) is 9.59 Å². The average molecular weight is 341 g/mol. The van der Waals surface area contributed by atoms with Gasteiger partial charge in [-0.05, 0) is 24.8 Å². The second-order valence-electron chi connectivity index (χ2n) is 4.72. The number of thioether (sulfide) groups is 1. The summed E-state index contributed by atoms with van der Waals surface area (Å²) in [7, 11) is 0. The summed E-state index contributed by atoms with van der Waals surface area (Å²) in [5.41, 5.74) is 1.51. The fourth-order valence-corrected chi connectivity index (χ4v) is 2.70. The van der Waals surface area contributed by atoms with Crippen LogP contribution in [0.5, 0.6) is 0 Å². The molecular formula is C15H17ClN2O3S. The summed E-state index contributed by atoms with van der Waals surface area (Å²) in [6.07, 6.45) is 1.94. The summed E-state index contributed by atoms with van der Waals surface area (Å²) < 4.78 is 5.27. The van der Waals surface area contributed by atoms with E-state index in [0.717, 1.165) is 0 Å². The van der Waals surface area contributed by atoms with Crippen molar-refractivity contribution in [2.45, 2.75) is 13.0 Å². The molecule has 1 heterocycles. The molecule has 2 amide bonds. The van der Waals surface area contributed by atoms with Crippen LogP contribution in [0.4, 0.5) is 4.79 Å². The number of benzene rings is 1. The topological polar surface area (TPSA) is 67.4 Å². The van der Waals surface area contributed by atoms with E-state index in [-0.39, 0.29) is 6.03 Å². The molecule has 0 fully saturated rings. The Morgan fingerprint density at radius 1 is 1.41 bits per heavy atom. The van der Waals surface area contributed by atoms with E-state index < -0.39 is 12.0 Å². The number of esters is 1. The van der Waals surface area contributed by atoms with E-state index >= 15 is 0 Å². The molecule has 0 aliphatic carbocycles. The summed E-state index contributed by atoms with van der Waals surface area (Å²) >= 11 is 7.79. The predicted octanol–water partition coefficient (Wildman–Crippen LogP) is 2.87. The number of urea groups is 1. The number of amides is 2. The van der Waals surface area contributed by atoms with E-state index in [1.54, 1.807) is 43.0 Å². The third-order valence-corrected chi connectivity index (χ3v) is 4.15. The number of carbonyl (C=O) groups excluding carboxylic acids is 2. The fourth-order valence-electron chi connectivity index (χ4n) is 2.20. The summed E-state index contributed by atoms with van der Waals surface area (Å²) in [5.74, 6) is 0.262. The SMILES string of the molecule is CSCCOC(=O)C1=C(C)NC(=O)N[C@@H]1c1ccccc1Cl. The Labute approximate surface area is 138 Å². The van der Waals surface area contributed by atoms with Gasteiger partial charge in [-0.15, -0.1) is 0 Å². The van der Waals surface area contributed by atoms with Gasteiger partial charge in [-0.2, -0.15) is 11.8 Å². The van der Waals surface area contributed by atoms with Crippen LogP contribution in [0, 0.1) is 0 Å². The largest absolute Gasteiger partial charge is 0.461 e. The van der Waals surface area contributed by atoms with Crippen LogP contribution in [-0.4, -0.2) is 30.6 Å². The van der Waals surface area contributed by atoms with Gasteiger partial charge < -0.3 is 15.4 Å². The monoisotopic (exact) mass is 340 g/mol. The van der Waals surface area contributed by atoms with Gasteiger partial charge in [0.1, 0.15) is 6.61 Å². The molecule has 22 heavy (non-hydrogen) atoms. The molecule has 2 rings (SSSR count). The van der Waals surface area contributed by atoms with Gasteiger partial charge >= 0.3 is 12.0 Å². The molecule has 0 bridgehead atoms. The van der Waals surface area contributed by atoms with Crippen molar-refractivity contribution >= 4 is 35.4 Å². The van der Waals surface area contributed by atoms with Gasteiger partial charge in [0.25, 0.3) is 0 Å². The van der Waals surface area contributed by atoms with Crippen molar-refractivity contribution in [3.8, 4) is 0 Å². The number of hydrogen-bond donors (Lipinski definition) is 2. The standard InChI is InChI=1S/C15H17ClN2O3S/c1-9-12(14(19)21-7-8-22-2)13(18-15(20)17-9)10-5-3-4-6-11(10)16/h3-6,13H,7-8H2,1-2H3,(H2,17,18,20)/t13-/m1/s1. The molecule has 2 N–H and O–H groups in total. The van der Waals surface area contributed by atoms with Crippen molar-refractivity contribution < 1.29 is 14.3 Å². The molecule has 1 aromatic carbocycles. The zero-order chi connectivity index (χ0) is 16.1. The number of halogens is 1. The Morgan fingerprint density at radius 2 is 2.14 bits per heavy atom. The minimum atomic E-state index is -0.621. The number of ether oxygens (including phenoxy) is 1. The first kappa shape index (κ1) is 16.7. The molecule has 118 valence electrons. The Kier molecular flexibility index (Phi) is 5.74. The smallest absolute Gasteiger partial charge is 0.338 e. The Balaban J connectivity index is 2.33. The predicted molar refractivity (Wildman–Crippen MR) is 87.9 cm³/mol. The first-order valence-corrected chi connectivity index (χ1v) is 8.50. The molecule has 0 unspecified atom stereocenters. The molecule has 0 aromatic heterocycles. The van der Waals surface area contributed by atoms with Crippen LogP contribution in [0.15, 0.2) is 35.5 Å². The number of hydrogen-bond acceptors (Lipinski definition) is 4. The van der Waals surface area contributed by atoms with E-state index in [4.69, 9.17) is 16.3 Å². The van der Waals surface area contributed by atoms with Gasteiger partial charge in [-0.3, -0.25) is 0 Å². The first-order chi connectivity index (χ1) is 10.5. The Morgan fingerprint density at radius 3 is 2.82 bits per heavy atom. The maximum absolute atomic E-state index is 12.4. The maximum atomic E-state index is 12.4. The molecule has 5 nitrogen and oxygen atoms in total. The van der Waals surface area contributed by atoms with Crippen LogP contribution in [-0.2, 0) is 9.53 Å². The third-order valence-electron chi connectivity index (χ3n) is 3.23. The summed E-state index contributed by atoms with van der Waals surface area (Å²) in [6.45, 7) is 1.99. The minimum absolute atomic E-state index is 0.319. The first-order valence-electron chi connectivity index (χ1n) is 6.73. The van der Waals surface area contributed by atoms with Crippen LogP contribution >= 0.6 is 23.4 Å². The molecule has 0 saturated carbocycles. The van der Waals surface area contributed by atoms with E-state index in [0.29, 0.717) is 34.2 Å². The fraction of sp³-hybridized carbons (Fsp3) is 0.333. The molecule has 1 aliphatic rings. The summed E-state index contributed by atoms with van der Waals surface area (Å²) in [5, 5.41) is 5.81. The second-order valence-corrected chi connectivity index (χ2v) is 6.11. The lowest BCUT2D eigenvalue weighted by Gasteiger charge is -2.28. The normalized spacial score (nSPS) is 17.8. The lowest BCUT2D eigenvalue weighted by molar-refractivity contribution is -0.138. The van der Waals surface area contributed by atoms with Crippen molar-refractivity contribution in [2.75, 3.05) is 18.6 Å². The van der Waals surface area contributed by atoms with Crippen molar-refractivity contribution in [2.24, 2.45) is 0 Å². The molecule has 7 heteroatoms. The molecule has 0 spiro atoms. The summed E-state index contributed by atoms with van der Waals surface area (Å²) in [6, 6.07) is 6.11. The van der Waals surface area contributed by atoms with Gasteiger partial charge in [0, 0.05) is 16.5 Å². The van der Waals surface area contributed by atoms with E-state index in [9.17, 15) is 9.59 Å². The van der Waals surface area contributed by atoms with E-state index in [1.165, 1.54) is 0 Å². The third kappa shape index (κ3) is 3.75. The average Bonchev–Trinajstić information content (AvgIpc) is 2.47. The maximum Gasteiger partial charge on any atom is 0.338 e. The van der Waals surface area contributed by atoms with Crippen molar-refractivity contribution in [1.29, 1.82) is 0 Å². The molecule has 0 radical (unpaired) electrons. The number of carbonyl (C=O) groups is 2. The molecular weight excluding hydrogens is 324 g/mol. The van der Waals surface area contributed by atoms with Gasteiger partial charge in [-0.1, -0.05) is 29.8 Å². The van der Waals surface area contributed by atoms with Crippen LogP contribution in [0.1, 0.15) is 18.5 Å². The Hall–Kier alpha value is -1.66. The van der Waals surface area contributed by atoms with Crippen LogP contribution < -0.4 is 10.6 Å². The zero-order valence-corrected chi connectivity index (χ0v) is 13.9. The lowest BCUT2D eigenvalue weighted by atomic mass is 9.95. The highest BCUT2D eigenvalue weighted by atomic mass is 35.5. The number of rotatable bonds is 5. The minimum Gasteiger partial charge on any atom is -0.461 e. The van der Waals surface area contributed by atoms with Crippen LogP contribution in [0.2, 0.25) is 5.02 Å². The lowest BCUT2D eigenvalue weighted by Crippen LogP contribution is -2.45. The summed E-state index contributed by atoms with van der Waals surface area (Å²) in [4.78, 5) is 24.1. The molecule has 1 aliphatic heterocycles.